The fraction of sp³-hybridized carbons (Fsp3) is 0.412. The molecule has 0 aliphatic rings. The molecule has 0 radical (unpaired) electrons. The molecule has 1 aromatic heterocycles. The number of amides is 1. The summed E-state index contributed by atoms with van der Waals surface area (Å²) >= 11 is 0. The zero-order chi connectivity index (χ0) is 16.1. The van der Waals surface area contributed by atoms with Crippen LogP contribution in [0.2, 0.25) is 0 Å². The minimum atomic E-state index is 0. The predicted octanol–water partition coefficient (Wildman–Crippen LogP) is 2.45. The number of carbonyl (C=O) groups is 1. The van der Waals surface area contributed by atoms with Gasteiger partial charge in [-0.05, 0) is 32.4 Å². The van der Waals surface area contributed by atoms with Crippen LogP contribution in [-0.4, -0.2) is 33.7 Å². The van der Waals surface area contributed by atoms with Crippen LogP contribution in [0.4, 0.5) is 0 Å². The highest BCUT2D eigenvalue weighted by Gasteiger charge is 2.22. The van der Waals surface area contributed by atoms with Crippen LogP contribution in [0.25, 0.3) is 0 Å². The largest absolute Gasteiger partial charge is 0.334 e. The Hall–Kier alpha value is -1.85. The average Bonchev–Trinajstić information content (AvgIpc) is 2.77. The van der Waals surface area contributed by atoms with Gasteiger partial charge in [0.2, 0.25) is 0 Å². The Kier molecular flexibility index (Phi) is 7.26. The van der Waals surface area contributed by atoms with Crippen molar-refractivity contribution in [2.24, 2.45) is 12.8 Å². The van der Waals surface area contributed by atoms with E-state index < -0.39 is 0 Å². The summed E-state index contributed by atoms with van der Waals surface area (Å²) in [6.07, 6.45) is 0.789. The number of aromatic nitrogens is 2. The zero-order valence-corrected chi connectivity index (χ0v) is 14.8. The monoisotopic (exact) mass is 336 g/mol. The molecule has 1 aromatic carbocycles. The van der Waals surface area contributed by atoms with Crippen molar-refractivity contribution in [1.82, 2.24) is 14.7 Å². The molecule has 0 fully saturated rings. The van der Waals surface area contributed by atoms with Gasteiger partial charge < -0.3 is 10.6 Å². The molecule has 0 unspecified atom stereocenters. The van der Waals surface area contributed by atoms with Gasteiger partial charge in [0.05, 0.1) is 11.3 Å². The first-order chi connectivity index (χ1) is 10.5. The van der Waals surface area contributed by atoms with Crippen molar-refractivity contribution in [3.05, 3.63) is 52.8 Å². The summed E-state index contributed by atoms with van der Waals surface area (Å²) < 4.78 is 1.76. The van der Waals surface area contributed by atoms with Crippen LogP contribution in [0.1, 0.15) is 33.7 Å². The topological polar surface area (TPSA) is 64.2 Å². The van der Waals surface area contributed by atoms with E-state index >= 15 is 0 Å². The van der Waals surface area contributed by atoms with E-state index in [9.17, 15) is 4.79 Å². The van der Waals surface area contributed by atoms with Crippen LogP contribution in [0.3, 0.4) is 0 Å². The summed E-state index contributed by atoms with van der Waals surface area (Å²) in [6, 6.07) is 10.0. The van der Waals surface area contributed by atoms with Crippen molar-refractivity contribution >= 4 is 18.3 Å². The zero-order valence-electron chi connectivity index (χ0n) is 14.0. The summed E-state index contributed by atoms with van der Waals surface area (Å²) in [5.74, 6) is 0.0282. The molecule has 6 heteroatoms. The SMILES string of the molecule is Cc1nn(C)c(C)c1C(=O)N(CCCN)Cc1ccccc1.Cl. The summed E-state index contributed by atoms with van der Waals surface area (Å²) in [4.78, 5) is 14.8. The second-order valence-electron chi connectivity index (χ2n) is 5.52. The van der Waals surface area contributed by atoms with E-state index in [0.717, 1.165) is 23.4 Å². The molecule has 5 nitrogen and oxygen atoms in total. The van der Waals surface area contributed by atoms with Gasteiger partial charge in [-0.15, -0.1) is 12.4 Å². The number of nitrogens with zero attached hydrogens (tertiary/aromatic N) is 3. The van der Waals surface area contributed by atoms with Gasteiger partial charge in [-0.1, -0.05) is 30.3 Å². The third-order valence-electron chi connectivity index (χ3n) is 3.86. The van der Waals surface area contributed by atoms with Crippen molar-refractivity contribution in [2.75, 3.05) is 13.1 Å². The van der Waals surface area contributed by atoms with Crippen LogP contribution >= 0.6 is 12.4 Å². The molecule has 2 rings (SSSR count). The van der Waals surface area contributed by atoms with Crippen LogP contribution < -0.4 is 5.73 Å². The van der Waals surface area contributed by atoms with E-state index in [1.54, 1.807) is 4.68 Å². The Bertz CT molecular complexity index is 640. The molecule has 0 atom stereocenters. The molecule has 0 saturated carbocycles. The number of nitrogens with two attached hydrogens (primary N) is 1. The fourth-order valence-corrected chi connectivity index (χ4v) is 2.58. The molecule has 23 heavy (non-hydrogen) atoms. The van der Waals surface area contributed by atoms with Gasteiger partial charge in [0.25, 0.3) is 5.91 Å². The average molecular weight is 337 g/mol. The van der Waals surface area contributed by atoms with Gasteiger partial charge in [0.15, 0.2) is 0 Å². The molecule has 2 aromatic rings. The molecule has 2 N–H and O–H groups in total. The predicted molar refractivity (Wildman–Crippen MR) is 94.8 cm³/mol. The van der Waals surface area contributed by atoms with Crippen molar-refractivity contribution in [3.63, 3.8) is 0 Å². The highest BCUT2D eigenvalue weighted by Crippen LogP contribution is 2.17. The lowest BCUT2D eigenvalue weighted by Crippen LogP contribution is -2.33. The van der Waals surface area contributed by atoms with Gasteiger partial charge in [0.1, 0.15) is 0 Å². The summed E-state index contributed by atoms with van der Waals surface area (Å²) in [5.41, 5.74) is 9.11. The minimum Gasteiger partial charge on any atom is -0.334 e. The van der Waals surface area contributed by atoms with E-state index in [4.69, 9.17) is 5.73 Å². The van der Waals surface area contributed by atoms with E-state index in [1.807, 2.05) is 56.1 Å². The molecule has 126 valence electrons. The summed E-state index contributed by atoms with van der Waals surface area (Å²) in [7, 11) is 1.86. The molecule has 1 heterocycles. The Balaban J connectivity index is 0.00000264. The van der Waals surface area contributed by atoms with E-state index in [2.05, 4.69) is 5.10 Å². The van der Waals surface area contributed by atoms with Gasteiger partial charge in [-0.2, -0.15) is 5.10 Å². The molecule has 0 aliphatic heterocycles. The molecular formula is C17H25ClN4O. The Morgan fingerprint density at radius 2 is 1.91 bits per heavy atom. The standard InChI is InChI=1S/C17H24N4O.ClH/c1-13-16(14(2)20(3)19-13)17(22)21(11-7-10-18)12-15-8-5-4-6-9-15;/h4-6,8-9H,7,10-12,18H2,1-3H3;1H. The smallest absolute Gasteiger partial charge is 0.257 e. The molecule has 0 saturated heterocycles. The van der Waals surface area contributed by atoms with Crippen LogP contribution in [0.15, 0.2) is 30.3 Å². The van der Waals surface area contributed by atoms with Crippen molar-refractivity contribution in [1.29, 1.82) is 0 Å². The third kappa shape index (κ3) is 4.56. The van der Waals surface area contributed by atoms with Crippen molar-refractivity contribution < 1.29 is 4.79 Å². The second kappa shape index (κ2) is 8.70. The molecule has 0 aliphatic carbocycles. The van der Waals surface area contributed by atoms with Crippen molar-refractivity contribution in [2.45, 2.75) is 26.8 Å². The number of carbonyl (C=O) groups excluding carboxylic acids is 1. The summed E-state index contributed by atoms with van der Waals surface area (Å²) in [5, 5.41) is 4.35. The number of halogens is 1. The number of benzene rings is 1. The molecule has 1 amide bonds. The lowest BCUT2D eigenvalue weighted by molar-refractivity contribution is 0.0740. The Morgan fingerprint density at radius 1 is 1.26 bits per heavy atom. The quantitative estimate of drug-likeness (QED) is 0.881. The Labute approximate surface area is 143 Å². The molecule has 0 spiro atoms. The minimum absolute atomic E-state index is 0. The van der Waals surface area contributed by atoms with Crippen molar-refractivity contribution in [3.8, 4) is 0 Å². The first-order valence-corrected chi connectivity index (χ1v) is 7.58. The maximum Gasteiger partial charge on any atom is 0.257 e. The first-order valence-electron chi connectivity index (χ1n) is 7.58. The second-order valence-corrected chi connectivity index (χ2v) is 5.52. The Morgan fingerprint density at radius 3 is 2.43 bits per heavy atom. The molecular weight excluding hydrogens is 312 g/mol. The lowest BCUT2D eigenvalue weighted by Gasteiger charge is -2.23. The van der Waals surface area contributed by atoms with Crippen LogP contribution in [-0.2, 0) is 13.6 Å². The van der Waals surface area contributed by atoms with Gasteiger partial charge in [0, 0.05) is 25.8 Å². The number of hydrogen-bond acceptors (Lipinski definition) is 3. The highest BCUT2D eigenvalue weighted by atomic mass is 35.5. The third-order valence-corrected chi connectivity index (χ3v) is 3.86. The van der Waals surface area contributed by atoms with Crippen LogP contribution in [0.5, 0.6) is 0 Å². The number of rotatable bonds is 6. The number of hydrogen-bond donors (Lipinski definition) is 1. The summed E-state index contributed by atoms with van der Waals surface area (Å²) in [6.45, 7) is 5.62. The van der Waals surface area contributed by atoms with E-state index in [-0.39, 0.29) is 18.3 Å². The maximum absolute atomic E-state index is 12.9. The van der Waals surface area contributed by atoms with Gasteiger partial charge in [-0.25, -0.2) is 0 Å². The number of aryl methyl sites for hydroxylation is 2. The van der Waals surface area contributed by atoms with E-state index in [1.165, 1.54) is 0 Å². The van der Waals surface area contributed by atoms with Gasteiger partial charge >= 0.3 is 0 Å². The van der Waals surface area contributed by atoms with Crippen LogP contribution in [0, 0.1) is 13.8 Å². The fourth-order valence-electron chi connectivity index (χ4n) is 2.58. The van der Waals surface area contributed by atoms with E-state index in [0.29, 0.717) is 25.2 Å². The van der Waals surface area contributed by atoms with Gasteiger partial charge in [-0.3, -0.25) is 9.48 Å². The molecule has 0 bridgehead atoms. The first kappa shape index (κ1) is 19.2. The highest BCUT2D eigenvalue weighted by molar-refractivity contribution is 5.96. The maximum atomic E-state index is 12.9. The lowest BCUT2D eigenvalue weighted by atomic mass is 10.1. The normalized spacial score (nSPS) is 10.3.